The summed E-state index contributed by atoms with van der Waals surface area (Å²) >= 11 is 0. The molecule has 3 aliphatic rings. The number of hydrogen-bond acceptors (Lipinski definition) is 5. The number of allylic oxidation sites excluding steroid dienone is 2. The Labute approximate surface area is 154 Å². The predicted molar refractivity (Wildman–Crippen MR) is 96.3 cm³/mol. The Bertz CT molecular complexity index is 751. The molecule has 0 aromatic heterocycles. The lowest BCUT2D eigenvalue weighted by Gasteiger charge is -2.40. The maximum atomic E-state index is 13.5. The van der Waals surface area contributed by atoms with Crippen LogP contribution in [0, 0.1) is 34.0 Å². The topological polar surface area (TPSA) is 91.7 Å². The monoisotopic (exact) mass is 362 g/mol. The van der Waals surface area contributed by atoms with E-state index in [0.29, 0.717) is 6.42 Å². The summed E-state index contributed by atoms with van der Waals surface area (Å²) in [5, 5.41) is 21.5. The van der Waals surface area contributed by atoms with Crippen LogP contribution in [0.1, 0.15) is 61.3 Å². The number of ketones is 3. The Balaban J connectivity index is 2.25. The van der Waals surface area contributed by atoms with Crippen LogP contribution in [0.15, 0.2) is 11.3 Å². The fourth-order valence-corrected chi connectivity index (χ4v) is 6.13. The van der Waals surface area contributed by atoms with Gasteiger partial charge in [0.2, 0.25) is 0 Å². The number of aliphatic hydroxyl groups is 2. The fourth-order valence-electron chi connectivity index (χ4n) is 6.13. The van der Waals surface area contributed by atoms with Crippen LogP contribution >= 0.6 is 0 Å². The molecule has 26 heavy (non-hydrogen) atoms. The molecule has 4 atom stereocenters. The smallest absolute Gasteiger partial charge is 0.183 e. The summed E-state index contributed by atoms with van der Waals surface area (Å²) in [4.78, 5) is 39.7. The molecule has 1 unspecified atom stereocenters. The Hall–Kier alpha value is -1.49. The van der Waals surface area contributed by atoms with Crippen molar-refractivity contribution in [1.82, 2.24) is 0 Å². The van der Waals surface area contributed by atoms with Crippen molar-refractivity contribution in [2.24, 2.45) is 34.0 Å². The van der Waals surface area contributed by atoms with Crippen molar-refractivity contribution in [1.29, 1.82) is 0 Å². The van der Waals surface area contributed by atoms with Gasteiger partial charge in [0.05, 0.1) is 16.4 Å². The zero-order valence-corrected chi connectivity index (χ0v) is 16.8. The van der Waals surface area contributed by atoms with E-state index in [0.717, 1.165) is 0 Å². The van der Waals surface area contributed by atoms with Crippen molar-refractivity contribution in [2.75, 3.05) is 0 Å². The van der Waals surface area contributed by atoms with Crippen molar-refractivity contribution < 1.29 is 24.6 Å². The van der Waals surface area contributed by atoms with Crippen LogP contribution in [0.4, 0.5) is 0 Å². The maximum absolute atomic E-state index is 13.5. The molecule has 3 rings (SSSR count). The highest BCUT2D eigenvalue weighted by Crippen LogP contribution is 2.72. The summed E-state index contributed by atoms with van der Waals surface area (Å²) in [6.45, 7) is 12.4. The Kier molecular flexibility index (Phi) is 3.75. The quantitative estimate of drug-likeness (QED) is 0.595. The number of carbonyl (C=O) groups excluding carboxylic acids is 3. The number of hydrogen-bond donors (Lipinski definition) is 2. The van der Waals surface area contributed by atoms with Crippen molar-refractivity contribution >= 4 is 17.3 Å². The molecule has 0 heterocycles. The Morgan fingerprint density at radius 3 is 2.15 bits per heavy atom. The highest BCUT2D eigenvalue weighted by atomic mass is 16.3. The molecule has 1 spiro atoms. The van der Waals surface area contributed by atoms with Crippen molar-refractivity contribution in [3.63, 3.8) is 0 Å². The minimum atomic E-state index is -1.31. The Morgan fingerprint density at radius 1 is 1.15 bits per heavy atom. The molecule has 0 aliphatic heterocycles. The van der Waals surface area contributed by atoms with Crippen LogP contribution in [0.3, 0.4) is 0 Å². The number of rotatable bonds is 3. The summed E-state index contributed by atoms with van der Waals surface area (Å²) in [6.07, 6.45) is 0.557. The average molecular weight is 362 g/mol. The molecule has 144 valence electrons. The molecule has 5 heteroatoms. The first-order valence-electron chi connectivity index (χ1n) is 9.43. The largest absolute Gasteiger partial charge is 0.510 e. The predicted octanol–water partition coefficient (Wildman–Crippen LogP) is 3.01. The molecule has 0 aromatic carbocycles. The van der Waals surface area contributed by atoms with Gasteiger partial charge >= 0.3 is 0 Å². The maximum Gasteiger partial charge on any atom is 0.183 e. The molecule has 0 radical (unpaired) electrons. The first kappa shape index (κ1) is 19.3. The SMILES string of the molecule is CC(C)C(=O)C1=C(O)[C@]2(C)C[C@@H]3C(C[C@H](C(C)(C)O)C3(C)C)(C1=O)C2=O. The summed E-state index contributed by atoms with van der Waals surface area (Å²) in [7, 11) is 0. The van der Waals surface area contributed by atoms with Crippen molar-refractivity contribution in [3.8, 4) is 0 Å². The van der Waals surface area contributed by atoms with Gasteiger partial charge in [-0.05, 0) is 50.9 Å². The number of carbonyl (C=O) groups is 3. The average Bonchev–Trinajstić information content (AvgIpc) is 2.85. The highest BCUT2D eigenvalue weighted by Gasteiger charge is 2.77. The molecule has 2 fully saturated rings. The van der Waals surface area contributed by atoms with Gasteiger partial charge in [0.1, 0.15) is 11.3 Å². The second-order valence-electron chi connectivity index (χ2n) is 10.2. The third-order valence-corrected chi connectivity index (χ3v) is 7.45. The van der Waals surface area contributed by atoms with E-state index in [4.69, 9.17) is 0 Å². The van der Waals surface area contributed by atoms with E-state index in [9.17, 15) is 24.6 Å². The molecule has 0 amide bonds. The van der Waals surface area contributed by atoms with Crippen LogP contribution in [0.25, 0.3) is 0 Å². The lowest BCUT2D eigenvalue weighted by Crippen LogP contribution is -2.49. The van der Waals surface area contributed by atoms with Crippen molar-refractivity contribution in [2.45, 2.75) is 66.9 Å². The molecule has 2 saturated carbocycles. The van der Waals surface area contributed by atoms with Crippen LogP contribution in [-0.2, 0) is 14.4 Å². The molecule has 2 bridgehead atoms. The van der Waals surface area contributed by atoms with E-state index in [1.54, 1.807) is 34.6 Å². The Morgan fingerprint density at radius 2 is 1.69 bits per heavy atom. The second-order valence-corrected chi connectivity index (χ2v) is 10.2. The van der Waals surface area contributed by atoms with E-state index >= 15 is 0 Å². The number of Topliss-reactive ketones (excluding diaryl/α,β-unsaturated/α-hetero) is 3. The van der Waals surface area contributed by atoms with Crippen molar-refractivity contribution in [3.05, 3.63) is 11.3 Å². The van der Waals surface area contributed by atoms with Crippen LogP contribution in [0.2, 0.25) is 0 Å². The molecule has 3 aliphatic carbocycles. The van der Waals surface area contributed by atoms with Crippen LogP contribution in [0.5, 0.6) is 0 Å². The van der Waals surface area contributed by atoms with E-state index < -0.39 is 39.3 Å². The van der Waals surface area contributed by atoms with Gasteiger partial charge in [0.15, 0.2) is 17.3 Å². The third kappa shape index (κ3) is 1.98. The minimum Gasteiger partial charge on any atom is -0.510 e. The summed E-state index contributed by atoms with van der Waals surface area (Å²) in [5.41, 5.74) is -4.21. The fraction of sp³-hybridized carbons (Fsp3) is 0.762. The normalized spacial score (nSPS) is 39.0. The van der Waals surface area contributed by atoms with E-state index in [1.807, 2.05) is 13.8 Å². The van der Waals surface area contributed by atoms with Gasteiger partial charge in [-0.1, -0.05) is 27.7 Å². The van der Waals surface area contributed by atoms with Gasteiger partial charge in [-0.2, -0.15) is 0 Å². The van der Waals surface area contributed by atoms with Crippen LogP contribution in [-0.4, -0.2) is 33.2 Å². The third-order valence-electron chi connectivity index (χ3n) is 7.45. The van der Waals surface area contributed by atoms with Gasteiger partial charge in [-0.25, -0.2) is 0 Å². The molecule has 2 N–H and O–H groups in total. The molecule has 0 saturated heterocycles. The number of aliphatic hydroxyl groups excluding tert-OH is 1. The molecular weight excluding hydrogens is 332 g/mol. The summed E-state index contributed by atoms with van der Waals surface area (Å²) < 4.78 is 0. The standard InChI is InChI=1S/C21H30O5/c1-10(2)14(22)13-15(23)20(7)8-12-18(3,4)11(19(5,6)26)9-21(12,16(13)24)17(20)25/h10-12,23,26H,8-9H2,1-7H3/t11-,12-,20-,21?/m0/s1. The first-order valence-corrected chi connectivity index (χ1v) is 9.43. The van der Waals surface area contributed by atoms with Gasteiger partial charge in [0.25, 0.3) is 0 Å². The van der Waals surface area contributed by atoms with Gasteiger partial charge < -0.3 is 10.2 Å². The van der Waals surface area contributed by atoms with Gasteiger partial charge in [-0.3, -0.25) is 14.4 Å². The summed E-state index contributed by atoms with van der Waals surface area (Å²) in [5.74, 6) is -2.57. The van der Waals surface area contributed by atoms with E-state index in [2.05, 4.69) is 0 Å². The molecular formula is C21H30O5. The molecule has 5 nitrogen and oxygen atoms in total. The number of fused-ring (bicyclic) bond motifs is 1. The second kappa shape index (κ2) is 5.06. The molecule has 0 aromatic rings. The van der Waals surface area contributed by atoms with Gasteiger partial charge in [0, 0.05) is 5.92 Å². The van der Waals surface area contributed by atoms with Gasteiger partial charge in [-0.15, -0.1) is 0 Å². The zero-order chi connectivity index (χ0) is 20.0. The lowest BCUT2D eigenvalue weighted by molar-refractivity contribution is -0.144. The zero-order valence-electron chi connectivity index (χ0n) is 16.8. The van der Waals surface area contributed by atoms with E-state index in [-0.39, 0.29) is 35.4 Å². The first-order chi connectivity index (χ1) is 11.6. The minimum absolute atomic E-state index is 0.184. The summed E-state index contributed by atoms with van der Waals surface area (Å²) in [6, 6.07) is 0. The van der Waals surface area contributed by atoms with Crippen LogP contribution < -0.4 is 0 Å². The highest BCUT2D eigenvalue weighted by molar-refractivity contribution is 6.32. The lowest BCUT2D eigenvalue weighted by atomic mass is 9.64. The van der Waals surface area contributed by atoms with E-state index in [1.165, 1.54) is 0 Å².